The van der Waals surface area contributed by atoms with Gasteiger partial charge in [-0.2, -0.15) is 0 Å². The first-order valence-corrected chi connectivity index (χ1v) is 6.36. The van der Waals surface area contributed by atoms with Crippen LogP contribution in [0.25, 0.3) is 10.9 Å². The van der Waals surface area contributed by atoms with Gasteiger partial charge in [0.05, 0.1) is 11.2 Å². The SMILES string of the molecule is CCCCCc1nc2ccc(Cl)cc2cc1O. The minimum Gasteiger partial charge on any atom is -0.506 e. The monoisotopic (exact) mass is 249 g/mol. The van der Waals surface area contributed by atoms with E-state index in [1.165, 1.54) is 12.8 Å². The Morgan fingerprint density at radius 3 is 2.82 bits per heavy atom. The van der Waals surface area contributed by atoms with Crippen LogP contribution in [0.2, 0.25) is 5.02 Å². The number of benzene rings is 1. The summed E-state index contributed by atoms with van der Waals surface area (Å²) >= 11 is 5.90. The van der Waals surface area contributed by atoms with Crippen LogP contribution in [0.15, 0.2) is 24.3 Å². The van der Waals surface area contributed by atoms with E-state index in [4.69, 9.17) is 11.6 Å². The van der Waals surface area contributed by atoms with Gasteiger partial charge >= 0.3 is 0 Å². The normalized spacial score (nSPS) is 10.9. The van der Waals surface area contributed by atoms with E-state index in [2.05, 4.69) is 11.9 Å². The molecule has 0 fully saturated rings. The Bertz CT molecular complexity index is 525. The Labute approximate surface area is 106 Å². The van der Waals surface area contributed by atoms with E-state index in [9.17, 15) is 5.11 Å². The Morgan fingerprint density at radius 2 is 2.06 bits per heavy atom. The molecule has 0 radical (unpaired) electrons. The molecular weight excluding hydrogens is 234 g/mol. The molecule has 17 heavy (non-hydrogen) atoms. The summed E-state index contributed by atoms with van der Waals surface area (Å²) in [6, 6.07) is 7.28. The lowest BCUT2D eigenvalue weighted by molar-refractivity contribution is 0.463. The minimum atomic E-state index is 0.274. The molecule has 1 aromatic carbocycles. The van der Waals surface area contributed by atoms with E-state index in [1.54, 1.807) is 6.07 Å². The second kappa shape index (κ2) is 5.37. The molecule has 0 aliphatic rings. The number of unbranched alkanes of at least 4 members (excludes halogenated alkanes) is 2. The zero-order valence-corrected chi connectivity index (χ0v) is 10.7. The van der Waals surface area contributed by atoms with Gasteiger partial charge in [-0.05, 0) is 37.1 Å². The maximum Gasteiger partial charge on any atom is 0.137 e. The van der Waals surface area contributed by atoms with Gasteiger partial charge in [0.15, 0.2) is 0 Å². The molecule has 0 amide bonds. The van der Waals surface area contributed by atoms with E-state index < -0.39 is 0 Å². The quantitative estimate of drug-likeness (QED) is 0.819. The summed E-state index contributed by atoms with van der Waals surface area (Å²) in [5, 5.41) is 11.4. The molecule has 2 nitrogen and oxygen atoms in total. The fourth-order valence-electron chi connectivity index (χ4n) is 1.90. The molecule has 0 bridgehead atoms. The highest BCUT2D eigenvalue weighted by molar-refractivity contribution is 6.31. The first-order chi connectivity index (χ1) is 8.20. The van der Waals surface area contributed by atoms with Crippen molar-refractivity contribution in [2.45, 2.75) is 32.6 Å². The van der Waals surface area contributed by atoms with Crippen molar-refractivity contribution in [3.8, 4) is 5.75 Å². The summed E-state index contributed by atoms with van der Waals surface area (Å²) in [4.78, 5) is 4.48. The Morgan fingerprint density at radius 1 is 1.24 bits per heavy atom. The van der Waals surface area contributed by atoms with Crippen LogP contribution in [-0.2, 0) is 6.42 Å². The molecule has 0 spiro atoms. The van der Waals surface area contributed by atoms with Crippen molar-refractivity contribution in [2.75, 3.05) is 0 Å². The van der Waals surface area contributed by atoms with Gasteiger partial charge in [0.2, 0.25) is 0 Å². The number of pyridine rings is 1. The number of nitrogens with zero attached hydrogens (tertiary/aromatic N) is 1. The average molecular weight is 250 g/mol. The van der Waals surface area contributed by atoms with Crippen LogP contribution >= 0.6 is 11.6 Å². The number of hydrogen-bond acceptors (Lipinski definition) is 2. The topological polar surface area (TPSA) is 33.1 Å². The second-order valence-corrected chi connectivity index (χ2v) is 4.68. The van der Waals surface area contributed by atoms with Gasteiger partial charge < -0.3 is 5.11 Å². The predicted molar refractivity (Wildman–Crippen MR) is 71.6 cm³/mol. The third kappa shape index (κ3) is 2.89. The number of rotatable bonds is 4. The van der Waals surface area contributed by atoms with E-state index in [1.807, 2.05) is 18.2 Å². The molecule has 0 aliphatic carbocycles. The van der Waals surface area contributed by atoms with Gasteiger partial charge in [0.25, 0.3) is 0 Å². The lowest BCUT2D eigenvalue weighted by Gasteiger charge is -2.06. The molecule has 1 heterocycles. The van der Waals surface area contributed by atoms with Crippen molar-refractivity contribution in [2.24, 2.45) is 0 Å². The summed E-state index contributed by atoms with van der Waals surface area (Å²) in [5.74, 6) is 0.274. The molecule has 0 aliphatic heterocycles. The van der Waals surface area contributed by atoms with Crippen molar-refractivity contribution in [3.63, 3.8) is 0 Å². The van der Waals surface area contributed by atoms with Crippen LogP contribution in [0.3, 0.4) is 0 Å². The largest absolute Gasteiger partial charge is 0.506 e. The van der Waals surface area contributed by atoms with Crippen molar-refractivity contribution in [3.05, 3.63) is 35.0 Å². The van der Waals surface area contributed by atoms with Crippen LogP contribution in [0, 0.1) is 0 Å². The van der Waals surface area contributed by atoms with Crippen LogP contribution in [0.5, 0.6) is 5.75 Å². The summed E-state index contributed by atoms with van der Waals surface area (Å²) in [6.45, 7) is 2.16. The zero-order valence-electron chi connectivity index (χ0n) is 9.91. The molecule has 90 valence electrons. The van der Waals surface area contributed by atoms with E-state index in [0.29, 0.717) is 5.02 Å². The third-order valence-electron chi connectivity index (χ3n) is 2.85. The van der Waals surface area contributed by atoms with E-state index >= 15 is 0 Å². The standard InChI is InChI=1S/C14H16ClNO/c1-2-3-4-5-13-14(17)9-10-8-11(15)6-7-12(10)16-13/h6-9,17H,2-5H2,1H3. The Balaban J connectivity index is 2.31. The van der Waals surface area contributed by atoms with Crippen molar-refractivity contribution in [1.82, 2.24) is 4.98 Å². The molecular formula is C14H16ClNO. The van der Waals surface area contributed by atoms with Crippen molar-refractivity contribution in [1.29, 1.82) is 0 Å². The molecule has 1 N–H and O–H groups in total. The summed E-state index contributed by atoms with van der Waals surface area (Å²) in [6.07, 6.45) is 4.23. The molecule has 0 saturated heterocycles. The van der Waals surface area contributed by atoms with Crippen LogP contribution in [0.4, 0.5) is 0 Å². The Kier molecular flexibility index (Phi) is 3.85. The van der Waals surface area contributed by atoms with Crippen molar-refractivity contribution >= 4 is 22.5 Å². The number of halogens is 1. The minimum absolute atomic E-state index is 0.274. The fraction of sp³-hybridized carbons (Fsp3) is 0.357. The highest BCUT2D eigenvalue weighted by Crippen LogP contribution is 2.25. The van der Waals surface area contributed by atoms with Crippen molar-refractivity contribution < 1.29 is 5.11 Å². The highest BCUT2D eigenvalue weighted by Gasteiger charge is 2.06. The third-order valence-corrected chi connectivity index (χ3v) is 3.09. The number of hydrogen-bond donors (Lipinski definition) is 1. The van der Waals surface area contributed by atoms with E-state index in [0.717, 1.165) is 29.4 Å². The summed E-state index contributed by atoms with van der Waals surface area (Å²) < 4.78 is 0. The average Bonchev–Trinajstić information content (AvgIpc) is 2.30. The lowest BCUT2D eigenvalue weighted by atomic mass is 10.1. The molecule has 3 heteroatoms. The predicted octanol–water partition coefficient (Wildman–Crippen LogP) is 4.33. The number of aromatic nitrogens is 1. The van der Waals surface area contributed by atoms with Gasteiger partial charge in [-0.25, -0.2) is 4.98 Å². The van der Waals surface area contributed by atoms with Crippen LogP contribution in [-0.4, -0.2) is 10.1 Å². The maximum atomic E-state index is 9.89. The van der Waals surface area contributed by atoms with Crippen LogP contribution in [0.1, 0.15) is 31.9 Å². The van der Waals surface area contributed by atoms with Crippen LogP contribution < -0.4 is 0 Å². The first kappa shape index (κ1) is 12.2. The molecule has 0 atom stereocenters. The molecule has 0 unspecified atom stereocenters. The maximum absolute atomic E-state index is 9.89. The van der Waals surface area contributed by atoms with Gasteiger partial charge in [-0.3, -0.25) is 0 Å². The van der Waals surface area contributed by atoms with Gasteiger partial charge in [-0.1, -0.05) is 31.4 Å². The lowest BCUT2D eigenvalue weighted by Crippen LogP contribution is -1.92. The summed E-state index contributed by atoms with van der Waals surface area (Å²) in [7, 11) is 0. The fourth-order valence-corrected chi connectivity index (χ4v) is 2.08. The first-order valence-electron chi connectivity index (χ1n) is 5.99. The zero-order chi connectivity index (χ0) is 12.3. The number of fused-ring (bicyclic) bond motifs is 1. The summed E-state index contributed by atoms with van der Waals surface area (Å²) in [5.41, 5.74) is 1.67. The second-order valence-electron chi connectivity index (χ2n) is 4.25. The molecule has 1 aromatic heterocycles. The highest BCUT2D eigenvalue weighted by atomic mass is 35.5. The Hall–Kier alpha value is -1.28. The number of aromatic hydroxyl groups is 1. The number of aryl methyl sites for hydroxylation is 1. The van der Waals surface area contributed by atoms with E-state index in [-0.39, 0.29) is 5.75 Å². The van der Waals surface area contributed by atoms with Gasteiger partial charge in [0.1, 0.15) is 5.75 Å². The molecule has 2 aromatic rings. The van der Waals surface area contributed by atoms with Gasteiger partial charge in [0, 0.05) is 10.4 Å². The van der Waals surface area contributed by atoms with Gasteiger partial charge in [-0.15, -0.1) is 0 Å². The smallest absolute Gasteiger partial charge is 0.137 e. The molecule has 2 rings (SSSR count). The molecule has 0 saturated carbocycles.